The van der Waals surface area contributed by atoms with Gasteiger partial charge in [0.2, 0.25) is 35.8 Å². The largest absolute Gasteiger partial charge is 0.462 e. The fourth-order valence-electron chi connectivity index (χ4n) is 6.35. The Kier molecular flexibility index (Phi) is 19.9. The molecule has 2 heterocycles. The second kappa shape index (κ2) is 23.7. The maximum absolute atomic E-state index is 13.6. The minimum atomic E-state index is -1.48. The van der Waals surface area contributed by atoms with E-state index in [4.69, 9.17) is 9.47 Å². The highest BCUT2D eigenvalue weighted by Gasteiger charge is 2.38. The number of likely N-dealkylation sites (N-methyl/N-ethyl adjacent to an activating group) is 2. The van der Waals surface area contributed by atoms with Crippen LogP contribution >= 0.6 is 0 Å². The molecule has 2 fully saturated rings. The van der Waals surface area contributed by atoms with Crippen molar-refractivity contribution in [1.82, 2.24) is 30.2 Å². The van der Waals surface area contributed by atoms with E-state index < -0.39 is 122 Å². The molecule has 2 saturated heterocycles. The van der Waals surface area contributed by atoms with E-state index in [0.29, 0.717) is 32.3 Å². The van der Waals surface area contributed by atoms with Crippen LogP contribution in [-0.2, 0) is 62.2 Å². The molecule has 2 aliphatic heterocycles. The van der Waals surface area contributed by atoms with Gasteiger partial charge in [0.05, 0.1) is 31.5 Å². The third kappa shape index (κ3) is 15.7. The summed E-state index contributed by atoms with van der Waals surface area (Å²) in [7, 11) is 2.62. The fourth-order valence-corrected chi connectivity index (χ4v) is 6.35. The summed E-state index contributed by atoms with van der Waals surface area (Å²) in [5.74, 6) is -9.41. The molecule has 20 heteroatoms. The average molecular weight is 809 g/mol. The molecule has 0 aromatic heterocycles. The third-order valence-corrected chi connectivity index (χ3v) is 9.72. The lowest BCUT2D eigenvalue weighted by molar-refractivity contribution is -0.153. The number of nitrogens with zero attached hydrogens (tertiary/aromatic N) is 4. The Hall–Kier alpha value is -5.27. The molecular weight excluding hydrogens is 752 g/mol. The summed E-state index contributed by atoms with van der Waals surface area (Å²) < 4.78 is 10.2. The number of amides is 6. The minimum absolute atomic E-state index is 0.192. The number of esters is 2. The Morgan fingerprint density at radius 1 is 0.895 bits per heavy atom. The normalized spacial score (nSPS) is 17.0. The van der Waals surface area contributed by atoms with Crippen LogP contribution in [0.5, 0.6) is 0 Å². The van der Waals surface area contributed by atoms with Crippen LogP contribution in [0.3, 0.4) is 0 Å². The van der Waals surface area contributed by atoms with Gasteiger partial charge >= 0.3 is 11.9 Å². The van der Waals surface area contributed by atoms with Crippen LogP contribution in [-0.4, -0.2) is 175 Å². The predicted octanol–water partition coefficient (Wildman–Crippen LogP) is -2.25. The van der Waals surface area contributed by atoms with E-state index in [0.717, 1.165) is 34.5 Å². The van der Waals surface area contributed by atoms with E-state index in [-0.39, 0.29) is 31.8 Å². The van der Waals surface area contributed by atoms with E-state index in [1.807, 2.05) is 0 Å². The van der Waals surface area contributed by atoms with Crippen LogP contribution < -0.4 is 10.6 Å². The highest BCUT2D eigenvalue weighted by Crippen LogP contribution is 2.22. The van der Waals surface area contributed by atoms with Crippen molar-refractivity contribution in [3.8, 4) is 0 Å². The number of aliphatic hydroxyl groups is 1. The van der Waals surface area contributed by atoms with Crippen molar-refractivity contribution in [1.29, 1.82) is 0 Å². The van der Waals surface area contributed by atoms with Crippen molar-refractivity contribution >= 4 is 65.2 Å². The van der Waals surface area contributed by atoms with Gasteiger partial charge in [0.25, 0.3) is 5.91 Å². The first-order chi connectivity index (χ1) is 26.9. The summed E-state index contributed by atoms with van der Waals surface area (Å²) in [6, 6.07) is -2.44. The van der Waals surface area contributed by atoms with E-state index >= 15 is 0 Å². The van der Waals surface area contributed by atoms with Crippen molar-refractivity contribution in [3.63, 3.8) is 0 Å². The zero-order valence-electron chi connectivity index (χ0n) is 33.3. The zero-order chi connectivity index (χ0) is 42.8. The molecule has 57 heavy (non-hydrogen) atoms. The van der Waals surface area contributed by atoms with Gasteiger partial charge in [-0.2, -0.15) is 0 Å². The number of carbonyl (C=O) groups excluding carboxylic acids is 11. The third-order valence-electron chi connectivity index (χ3n) is 9.72. The molecule has 2 rings (SSSR count). The number of likely N-dealkylation sites (tertiary alicyclic amines) is 2. The quantitative estimate of drug-likeness (QED) is 0.0403. The molecule has 0 spiro atoms. The predicted molar refractivity (Wildman–Crippen MR) is 197 cm³/mol. The number of hydrogen-bond acceptors (Lipinski definition) is 14. The van der Waals surface area contributed by atoms with E-state index in [1.165, 1.54) is 21.0 Å². The standard InChI is InChI=1S/C37H56N6O14/c1-6-10-25(28(46)16-33(51)57-21-30(48)23(2)35(53)38-17-32(50)42-12-7-8-13-42)15-29(47)26(20-56-34(52)19-40(4)22-44)39-31(49)18-41(5)37(55)27-11-9-14-43(27)36(54)24(3)45/h22-23,25-28,46H,6-21H2,1-5H3,(H,38,53)(H,39,49)/t23?,25-,26?,27?,28?/m1/s1. The van der Waals surface area contributed by atoms with Gasteiger partial charge in [-0.25, -0.2) is 0 Å². The highest BCUT2D eigenvalue weighted by molar-refractivity contribution is 6.35. The van der Waals surface area contributed by atoms with E-state index in [9.17, 15) is 57.8 Å². The monoisotopic (exact) mass is 808 g/mol. The van der Waals surface area contributed by atoms with Crippen LogP contribution in [0.1, 0.15) is 72.1 Å². The molecule has 5 atom stereocenters. The van der Waals surface area contributed by atoms with Crippen molar-refractivity contribution in [2.75, 3.05) is 66.6 Å². The highest BCUT2D eigenvalue weighted by atomic mass is 16.5. The summed E-state index contributed by atoms with van der Waals surface area (Å²) >= 11 is 0. The van der Waals surface area contributed by atoms with Crippen LogP contribution in [0.15, 0.2) is 0 Å². The number of ketones is 3. The number of hydrogen-bond donors (Lipinski definition) is 3. The zero-order valence-corrected chi connectivity index (χ0v) is 33.3. The summed E-state index contributed by atoms with van der Waals surface area (Å²) in [5, 5.41) is 15.8. The molecular formula is C37H56N6O14. The Labute approximate surface area is 331 Å². The maximum Gasteiger partial charge on any atom is 0.325 e. The van der Waals surface area contributed by atoms with Gasteiger partial charge in [-0.15, -0.1) is 0 Å². The number of rotatable bonds is 24. The molecule has 0 aromatic carbocycles. The van der Waals surface area contributed by atoms with Gasteiger partial charge in [0, 0.05) is 47.1 Å². The molecule has 6 amide bonds. The maximum atomic E-state index is 13.6. The van der Waals surface area contributed by atoms with Gasteiger partial charge in [-0.1, -0.05) is 13.3 Å². The molecule has 3 N–H and O–H groups in total. The average Bonchev–Trinajstić information content (AvgIpc) is 3.90. The molecule has 0 aromatic rings. The number of carbonyl (C=O) groups is 11. The Balaban J connectivity index is 2.03. The van der Waals surface area contributed by atoms with Crippen molar-refractivity contribution in [2.24, 2.45) is 11.8 Å². The lowest BCUT2D eigenvalue weighted by atomic mass is 9.88. The number of ether oxygens (including phenoxy) is 2. The first-order valence-electron chi connectivity index (χ1n) is 19.0. The molecule has 0 radical (unpaired) electrons. The molecule has 0 bridgehead atoms. The van der Waals surface area contributed by atoms with Gasteiger partial charge in [0.1, 0.15) is 25.2 Å². The summed E-state index contributed by atoms with van der Waals surface area (Å²) in [6.45, 7) is 2.79. The molecule has 4 unspecified atom stereocenters. The van der Waals surface area contributed by atoms with Gasteiger partial charge in [-0.05, 0) is 44.9 Å². The Morgan fingerprint density at radius 2 is 1.56 bits per heavy atom. The second-order valence-corrected chi connectivity index (χ2v) is 14.4. The lowest BCUT2D eigenvalue weighted by Gasteiger charge is -2.28. The Bertz CT molecular complexity index is 1510. The number of nitrogens with one attached hydrogen (secondary N) is 2. The van der Waals surface area contributed by atoms with E-state index in [2.05, 4.69) is 10.6 Å². The fraction of sp³-hybridized carbons (Fsp3) is 0.703. The summed E-state index contributed by atoms with van der Waals surface area (Å²) in [4.78, 5) is 142. The number of Topliss-reactive ketones (excluding diaryl/α,β-unsaturated/α-hetero) is 3. The second-order valence-electron chi connectivity index (χ2n) is 14.4. The van der Waals surface area contributed by atoms with Crippen LogP contribution in [0.4, 0.5) is 0 Å². The molecule has 318 valence electrons. The van der Waals surface area contributed by atoms with Crippen LogP contribution in [0.2, 0.25) is 0 Å². The summed E-state index contributed by atoms with van der Waals surface area (Å²) in [5.41, 5.74) is 0. The smallest absolute Gasteiger partial charge is 0.325 e. The minimum Gasteiger partial charge on any atom is -0.462 e. The first-order valence-corrected chi connectivity index (χ1v) is 19.0. The van der Waals surface area contributed by atoms with Crippen molar-refractivity contribution < 1.29 is 67.3 Å². The van der Waals surface area contributed by atoms with Gasteiger partial charge < -0.3 is 44.8 Å². The van der Waals surface area contributed by atoms with Crippen LogP contribution in [0.25, 0.3) is 0 Å². The molecule has 0 saturated carbocycles. The number of aliphatic hydroxyl groups excluding tert-OH is 1. The van der Waals surface area contributed by atoms with Crippen LogP contribution in [0, 0.1) is 11.8 Å². The molecule has 20 nitrogen and oxygen atoms in total. The van der Waals surface area contributed by atoms with Gasteiger partial charge in [0.15, 0.2) is 18.2 Å². The lowest BCUT2D eigenvalue weighted by Crippen LogP contribution is -2.52. The topological polar surface area (TPSA) is 263 Å². The SMILES string of the molecule is CCC[C@H](CC(=O)C(COC(=O)CN(C)C=O)NC(=O)CN(C)C(=O)C1CCCN1C(=O)C(C)=O)C(O)CC(=O)OCC(=O)C(C)C(=O)NCC(=O)N1CCCC1. The first kappa shape index (κ1) is 47.9. The van der Waals surface area contributed by atoms with Crippen molar-refractivity contribution in [3.05, 3.63) is 0 Å². The van der Waals surface area contributed by atoms with Crippen molar-refractivity contribution in [2.45, 2.75) is 90.3 Å². The Morgan fingerprint density at radius 3 is 2.18 bits per heavy atom. The molecule has 2 aliphatic rings. The van der Waals surface area contributed by atoms with Gasteiger partial charge in [-0.3, -0.25) is 52.7 Å². The van der Waals surface area contributed by atoms with E-state index in [1.54, 1.807) is 11.8 Å². The molecule has 0 aliphatic carbocycles. The summed E-state index contributed by atoms with van der Waals surface area (Å²) in [6.07, 6.45) is 1.07.